The number of hydrogen-bond donors (Lipinski definition) is 1. The van der Waals surface area contributed by atoms with E-state index in [-0.39, 0.29) is 6.23 Å². The second kappa shape index (κ2) is 9.04. The van der Waals surface area contributed by atoms with Crippen LogP contribution in [0.15, 0.2) is 39.5 Å². The first kappa shape index (κ1) is 20.7. The lowest BCUT2D eigenvalue weighted by Gasteiger charge is -2.34. The van der Waals surface area contributed by atoms with Crippen LogP contribution < -0.4 is 10.1 Å². The molecule has 4 rings (SSSR count). The van der Waals surface area contributed by atoms with E-state index in [9.17, 15) is 0 Å². The molecule has 0 saturated heterocycles. The molecular formula is C22H27BrN4OS. The van der Waals surface area contributed by atoms with Gasteiger partial charge in [-0.3, -0.25) is 0 Å². The summed E-state index contributed by atoms with van der Waals surface area (Å²) in [5.74, 6) is 2.47. The number of nitrogens with zero attached hydrogens (tertiary/aromatic N) is 3. The number of benzene rings is 1. The standard InChI is InChI=1S/C22H27BrN4OS/c1-4-5-10-29-22-25-21-19(26-27-22)17-12-15(23)7-9-18(17)24-20(28-21)16-8-6-13(2)11-14(16)3/h6-7,9,12,14,16,20,24H,4-5,8,10-11H2,1-3H3/t14-,16-,20-/m0/s1. The number of aromatic nitrogens is 3. The van der Waals surface area contributed by atoms with Gasteiger partial charge in [-0.1, -0.05) is 59.6 Å². The molecule has 0 spiro atoms. The highest BCUT2D eigenvalue weighted by atomic mass is 79.9. The summed E-state index contributed by atoms with van der Waals surface area (Å²) in [5.41, 5.74) is 4.15. The molecule has 1 aliphatic heterocycles. The maximum absolute atomic E-state index is 6.49. The van der Waals surface area contributed by atoms with Crippen LogP contribution >= 0.6 is 27.7 Å². The average molecular weight is 475 g/mol. The van der Waals surface area contributed by atoms with Crippen molar-refractivity contribution >= 4 is 33.4 Å². The minimum atomic E-state index is -0.152. The van der Waals surface area contributed by atoms with Gasteiger partial charge in [-0.2, -0.15) is 4.98 Å². The van der Waals surface area contributed by atoms with Crippen LogP contribution in [0.3, 0.4) is 0 Å². The Balaban J connectivity index is 1.71. The number of hydrogen-bond acceptors (Lipinski definition) is 6. The van der Waals surface area contributed by atoms with Crippen LogP contribution in [0.4, 0.5) is 5.69 Å². The quantitative estimate of drug-likeness (QED) is 0.310. The van der Waals surface area contributed by atoms with E-state index in [4.69, 9.17) is 9.72 Å². The smallest absolute Gasteiger partial charge is 0.247 e. The lowest BCUT2D eigenvalue weighted by molar-refractivity contribution is 0.114. The van der Waals surface area contributed by atoms with Gasteiger partial charge in [0.2, 0.25) is 11.0 Å². The summed E-state index contributed by atoms with van der Waals surface area (Å²) >= 11 is 5.23. The Morgan fingerprint density at radius 3 is 2.97 bits per heavy atom. The van der Waals surface area contributed by atoms with Crippen molar-refractivity contribution in [1.82, 2.24) is 15.2 Å². The first-order chi connectivity index (χ1) is 14.0. The molecule has 0 bridgehead atoms. The van der Waals surface area contributed by atoms with E-state index < -0.39 is 0 Å². The molecular weight excluding hydrogens is 448 g/mol. The average Bonchev–Trinajstić information content (AvgIpc) is 2.84. The van der Waals surface area contributed by atoms with Gasteiger partial charge in [0.25, 0.3) is 0 Å². The van der Waals surface area contributed by atoms with Crippen LogP contribution in [0.25, 0.3) is 11.3 Å². The number of ether oxygens (including phenoxy) is 1. The van der Waals surface area contributed by atoms with Crippen molar-refractivity contribution in [2.45, 2.75) is 57.8 Å². The van der Waals surface area contributed by atoms with E-state index in [0.717, 1.165) is 47.2 Å². The van der Waals surface area contributed by atoms with Crippen molar-refractivity contribution < 1.29 is 4.74 Å². The van der Waals surface area contributed by atoms with Crippen molar-refractivity contribution in [2.24, 2.45) is 11.8 Å². The molecule has 2 aromatic rings. The Morgan fingerprint density at radius 1 is 1.31 bits per heavy atom. The highest BCUT2D eigenvalue weighted by molar-refractivity contribution is 9.10. The number of anilines is 1. The number of allylic oxidation sites excluding steroid dienone is 2. The fraction of sp³-hybridized carbons (Fsp3) is 0.500. The molecule has 0 unspecified atom stereocenters. The van der Waals surface area contributed by atoms with E-state index in [2.05, 4.69) is 70.4 Å². The number of thioether (sulfide) groups is 1. The number of rotatable bonds is 5. The molecule has 1 aromatic heterocycles. The molecule has 29 heavy (non-hydrogen) atoms. The minimum absolute atomic E-state index is 0.152. The third-order valence-corrected chi connectivity index (χ3v) is 7.06. The molecule has 154 valence electrons. The summed E-state index contributed by atoms with van der Waals surface area (Å²) in [6.45, 7) is 6.71. The van der Waals surface area contributed by atoms with Crippen molar-refractivity contribution in [3.8, 4) is 17.1 Å². The molecule has 3 atom stereocenters. The predicted octanol–water partition coefficient (Wildman–Crippen LogP) is 6.32. The minimum Gasteiger partial charge on any atom is -0.452 e. The number of fused-ring (bicyclic) bond motifs is 3. The predicted molar refractivity (Wildman–Crippen MR) is 122 cm³/mol. The summed E-state index contributed by atoms with van der Waals surface area (Å²) in [5, 5.41) is 13.2. The van der Waals surface area contributed by atoms with E-state index in [1.165, 1.54) is 5.57 Å². The Bertz CT molecular complexity index is 920. The Kier molecular flexibility index (Phi) is 6.44. The second-order valence-corrected chi connectivity index (χ2v) is 9.93. The fourth-order valence-electron chi connectivity index (χ4n) is 3.99. The first-order valence-electron chi connectivity index (χ1n) is 10.3. The zero-order valence-electron chi connectivity index (χ0n) is 17.1. The normalized spacial score (nSPS) is 23.2. The lowest BCUT2D eigenvalue weighted by Crippen LogP contribution is -2.39. The van der Waals surface area contributed by atoms with Crippen molar-refractivity contribution in [2.75, 3.05) is 11.1 Å². The molecule has 0 fully saturated rings. The van der Waals surface area contributed by atoms with Gasteiger partial charge >= 0.3 is 0 Å². The number of nitrogens with one attached hydrogen (secondary N) is 1. The number of halogens is 1. The highest BCUT2D eigenvalue weighted by Gasteiger charge is 2.34. The van der Waals surface area contributed by atoms with Crippen LogP contribution in [0.1, 0.15) is 46.5 Å². The zero-order valence-corrected chi connectivity index (χ0v) is 19.5. The summed E-state index contributed by atoms with van der Waals surface area (Å²) in [7, 11) is 0. The van der Waals surface area contributed by atoms with Gasteiger partial charge in [-0.05, 0) is 50.3 Å². The van der Waals surface area contributed by atoms with Crippen LogP contribution in [0.2, 0.25) is 0 Å². The molecule has 2 heterocycles. The van der Waals surface area contributed by atoms with Gasteiger partial charge in [0.05, 0.1) is 0 Å². The van der Waals surface area contributed by atoms with Crippen LogP contribution in [-0.2, 0) is 0 Å². The molecule has 0 amide bonds. The van der Waals surface area contributed by atoms with Crippen molar-refractivity contribution in [1.29, 1.82) is 0 Å². The van der Waals surface area contributed by atoms with Gasteiger partial charge in [0.15, 0.2) is 11.9 Å². The van der Waals surface area contributed by atoms with Crippen LogP contribution in [-0.4, -0.2) is 27.2 Å². The summed E-state index contributed by atoms with van der Waals surface area (Å²) in [6, 6.07) is 6.17. The lowest BCUT2D eigenvalue weighted by atomic mass is 9.80. The second-order valence-electron chi connectivity index (χ2n) is 7.95. The molecule has 1 aliphatic carbocycles. The zero-order chi connectivity index (χ0) is 20.4. The van der Waals surface area contributed by atoms with Crippen molar-refractivity contribution in [3.05, 3.63) is 34.3 Å². The maximum Gasteiger partial charge on any atom is 0.247 e. The Labute approximate surface area is 185 Å². The molecule has 0 saturated carbocycles. The summed E-state index contributed by atoms with van der Waals surface area (Å²) in [4.78, 5) is 4.76. The summed E-state index contributed by atoms with van der Waals surface area (Å²) in [6.07, 6.45) is 6.59. The van der Waals surface area contributed by atoms with Gasteiger partial charge in [-0.25, -0.2) is 0 Å². The maximum atomic E-state index is 6.49. The third-order valence-electron chi connectivity index (χ3n) is 5.64. The van der Waals surface area contributed by atoms with Gasteiger partial charge in [0.1, 0.15) is 0 Å². The SMILES string of the molecule is CCCCSc1nnc2c(n1)O[C@@H]([C@H]1CC=C(C)C[C@@H]1C)Nc1ccc(Br)cc1-2. The molecule has 1 aromatic carbocycles. The van der Waals surface area contributed by atoms with Crippen LogP contribution in [0.5, 0.6) is 5.88 Å². The molecule has 2 aliphatic rings. The Morgan fingerprint density at radius 2 is 2.17 bits per heavy atom. The van der Waals surface area contributed by atoms with Gasteiger partial charge in [-0.15, -0.1) is 10.2 Å². The number of unbranched alkanes of at least 4 members (excludes halogenated alkanes) is 1. The van der Waals surface area contributed by atoms with Gasteiger partial charge < -0.3 is 10.1 Å². The van der Waals surface area contributed by atoms with E-state index in [1.54, 1.807) is 11.8 Å². The van der Waals surface area contributed by atoms with Crippen LogP contribution in [0, 0.1) is 11.8 Å². The first-order valence-corrected chi connectivity index (χ1v) is 12.1. The fourth-order valence-corrected chi connectivity index (χ4v) is 5.21. The van der Waals surface area contributed by atoms with Gasteiger partial charge in [0, 0.05) is 27.4 Å². The Hall–Kier alpha value is -1.60. The molecule has 0 radical (unpaired) electrons. The van der Waals surface area contributed by atoms with E-state index >= 15 is 0 Å². The molecule has 1 N–H and O–H groups in total. The van der Waals surface area contributed by atoms with Crippen molar-refractivity contribution in [3.63, 3.8) is 0 Å². The van der Waals surface area contributed by atoms with E-state index in [0.29, 0.717) is 28.6 Å². The molecule has 5 nitrogen and oxygen atoms in total. The topological polar surface area (TPSA) is 59.9 Å². The largest absolute Gasteiger partial charge is 0.452 e. The highest BCUT2D eigenvalue weighted by Crippen LogP contribution is 2.41. The summed E-state index contributed by atoms with van der Waals surface area (Å²) < 4.78 is 7.48. The van der Waals surface area contributed by atoms with E-state index in [1.807, 2.05) is 6.07 Å². The molecule has 7 heteroatoms. The third kappa shape index (κ3) is 4.61. The monoisotopic (exact) mass is 474 g/mol.